The number of carbonyl (C=O) groups is 2. The van der Waals surface area contributed by atoms with Crippen molar-refractivity contribution in [2.45, 2.75) is 51.6 Å². The third-order valence-electron chi connectivity index (χ3n) is 5.04. The molecule has 3 nitrogen and oxygen atoms in total. The Morgan fingerprint density at radius 2 is 2.00 bits per heavy atom. The Hall–Kier alpha value is -0.860. The molecule has 3 unspecified atom stereocenters. The molecule has 3 rings (SSSR count). The molecule has 0 bridgehead atoms. The number of ether oxygens (including phenoxy) is 1. The second-order valence-corrected chi connectivity index (χ2v) is 5.76. The maximum Gasteiger partial charge on any atom is 0.306 e. The fourth-order valence-electron chi connectivity index (χ4n) is 4.07. The fraction of sp³-hybridized carbons (Fsp3) is 0.846. The van der Waals surface area contributed by atoms with Crippen molar-refractivity contribution < 1.29 is 14.3 Å². The van der Waals surface area contributed by atoms with Crippen LogP contribution in [-0.4, -0.2) is 17.9 Å². The monoisotopic (exact) mass is 222 g/mol. The van der Waals surface area contributed by atoms with Crippen LogP contribution in [0, 0.1) is 17.3 Å². The van der Waals surface area contributed by atoms with Crippen LogP contribution in [0.1, 0.15) is 45.4 Å². The lowest BCUT2D eigenvalue weighted by molar-refractivity contribution is -0.168. The summed E-state index contributed by atoms with van der Waals surface area (Å²) in [4.78, 5) is 23.2. The minimum atomic E-state index is -0.106. The smallest absolute Gasteiger partial charge is 0.306 e. The van der Waals surface area contributed by atoms with Crippen molar-refractivity contribution in [3.63, 3.8) is 0 Å². The molecule has 0 aromatic rings. The third-order valence-corrected chi connectivity index (χ3v) is 5.04. The zero-order valence-corrected chi connectivity index (χ0v) is 9.70. The van der Waals surface area contributed by atoms with Gasteiger partial charge < -0.3 is 4.74 Å². The van der Waals surface area contributed by atoms with Gasteiger partial charge in [0.05, 0.1) is 0 Å². The molecule has 2 aliphatic carbocycles. The minimum Gasteiger partial charge on any atom is -0.462 e. The van der Waals surface area contributed by atoms with E-state index in [4.69, 9.17) is 4.74 Å². The van der Waals surface area contributed by atoms with E-state index in [0.717, 1.165) is 32.1 Å². The van der Waals surface area contributed by atoms with Gasteiger partial charge in [-0.3, -0.25) is 9.59 Å². The number of rotatable bonds is 0. The van der Waals surface area contributed by atoms with Crippen molar-refractivity contribution in [1.82, 2.24) is 0 Å². The summed E-state index contributed by atoms with van der Waals surface area (Å²) in [5.41, 5.74) is -0.106. The van der Waals surface area contributed by atoms with E-state index in [0.29, 0.717) is 24.0 Å². The molecule has 0 radical (unpaired) electrons. The van der Waals surface area contributed by atoms with E-state index in [9.17, 15) is 9.59 Å². The van der Waals surface area contributed by atoms with Gasteiger partial charge in [-0.25, -0.2) is 0 Å². The van der Waals surface area contributed by atoms with Crippen molar-refractivity contribution in [1.29, 1.82) is 0 Å². The number of hydrogen-bond acceptors (Lipinski definition) is 3. The fourth-order valence-corrected chi connectivity index (χ4v) is 4.07. The molecule has 0 aromatic carbocycles. The van der Waals surface area contributed by atoms with Gasteiger partial charge in [0.2, 0.25) is 0 Å². The number of Topliss-reactive ketones (excluding diaryl/α,β-unsaturated/α-hetero) is 1. The van der Waals surface area contributed by atoms with Crippen molar-refractivity contribution in [3.8, 4) is 0 Å². The molecule has 3 aliphatic rings. The van der Waals surface area contributed by atoms with Gasteiger partial charge in [0, 0.05) is 24.2 Å². The van der Waals surface area contributed by atoms with E-state index in [1.54, 1.807) is 0 Å². The van der Waals surface area contributed by atoms with E-state index in [2.05, 4.69) is 6.92 Å². The predicted molar refractivity (Wildman–Crippen MR) is 57.7 cm³/mol. The lowest BCUT2D eigenvalue weighted by atomic mass is 9.61. The van der Waals surface area contributed by atoms with Gasteiger partial charge in [0.15, 0.2) is 0 Å². The van der Waals surface area contributed by atoms with E-state index in [1.807, 2.05) is 0 Å². The van der Waals surface area contributed by atoms with Gasteiger partial charge in [-0.2, -0.15) is 0 Å². The molecule has 0 spiro atoms. The summed E-state index contributed by atoms with van der Waals surface area (Å²) in [5.74, 6) is 1.30. The van der Waals surface area contributed by atoms with Gasteiger partial charge >= 0.3 is 5.97 Å². The summed E-state index contributed by atoms with van der Waals surface area (Å²) in [6, 6.07) is 0. The molecular formula is C13H18O3. The maximum absolute atomic E-state index is 12.0. The lowest BCUT2D eigenvalue weighted by Gasteiger charge is -2.46. The molecule has 2 saturated carbocycles. The first-order valence-corrected chi connectivity index (χ1v) is 6.34. The van der Waals surface area contributed by atoms with Crippen LogP contribution in [0.2, 0.25) is 0 Å². The normalized spacial score (nSPS) is 47.2. The summed E-state index contributed by atoms with van der Waals surface area (Å²) in [5, 5.41) is 0. The molecule has 3 heteroatoms. The average molecular weight is 222 g/mol. The van der Waals surface area contributed by atoms with Gasteiger partial charge in [-0.1, -0.05) is 6.92 Å². The molecule has 1 aliphatic heterocycles. The number of ketones is 1. The van der Waals surface area contributed by atoms with Crippen molar-refractivity contribution in [3.05, 3.63) is 0 Å². The predicted octanol–water partition coefficient (Wildman–Crippen LogP) is 2.09. The van der Waals surface area contributed by atoms with Gasteiger partial charge in [0.1, 0.15) is 11.9 Å². The Morgan fingerprint density at radius 1 is 1.19 bits per heavy atom. The number of carbonyl (C=O) groups excluding carboxylic acids is 2. The third kappa shape index (κ3) is 1.26. The first kappa shape index (κ1) is 10.3. The topological polar surface area (TPSA) is 43.4 Å². The summed E-state index contributed by atoms with van der Waals surface area (Å²) in [7, 11) is 0. The highest BCUT2D eigenvalue weighted by molar-refractivity contribution is 5.87. The lowest BCUT2D eigenvalue weighted by Crippen LogP contribution is -2.47. The molecule has 3 fully saturated rings. The zero-order valence-electron chi connectivity index (χ0n) is 9.70. The highest BCUT2D eigenvalue weighted by atomic mass is 16.5. The van der Waals surface area contributed by atoms with Crippen molar-refractivity contribution in [2.75, 3.05) is 0 Å². The first-order chi connectivity index (χ1) is 7.61. The summed E-state index contributed by atoms with van der Waals surface area (Å²) >= 11 is 0. The highest BCUT2D eigenvalue weighted by Gasteiger charge is 2.55. The Kier molecular flexibility index (Phi) is 2.13. The molecule has 1 saturated heterocycles. The van der Waals surface area contributed by atoms with Gasteiger partial charge in [0.25, 0.3) is 0 Å². The Balaban J connectivity index is 1.87. The molecule has 1 heterocycles. The van der Waals surface area contributed by atoms with Crippen LogP contribution in [0.4, 0.5) is 0 Å². The van der Waals surface area contributed by atoms with Crippen molar-refractivity contribution in [2.24, 2.45) is 17.3 Å². The molecule has 4 atom stereocenters. The van der Waals surface area contributed by atoms with Crippen LogP contribution in [0.25, 0.3) is 0 Å². The Labute approximate surface area is 95.5 Å². The minimum absolute atomic E-state index is 0.0471. The van der Waals surface area contributed by atoms with E-state index >= 15 is 0 Å². The van der Waals surface area contributed by atoms with Gasteiger partial charge in [-0.15, -0.1) is 0 Å². The van der Waals surface area contributed by atoms with Crippen LogP contribution in [0.15, 0.2) is 0 Å². The van der Waals surface area contributed by atoms with E-state index < -0.39 is 0 Å². The molecule has 0 amide bonds. The molecule has 16 heavy (non-hydrogen) atoms. The number of fused-ring (bicyclic) bond motifs is 3. The molecule has 0 aromatic heterocycles. The Morgan fingerprint density at radius 3 is 2.81 bits per heavy atom. The van der Waals surface area contributed by atoms with Crippen LogP contribution < -0.4 is 0 Å². The van der Waals surface area contributed by atoms with Crippen molar-refractivity contribution >= 4 is 11.8 Å². The Bertz CT molecular complexity index is 349. The van der Waals surface area contributed by atoms with Crippen LogP contribution in [-0.2, 0) is 14.3 Å². The maximum atomic E-state index is 12.0. The summed E-state index contributed by atoms with van der Waals surface area (Å²) in [6.45, 7) is 2.12. The number of hydrogen-bond donors (Lipinski definition) is 0. The summed E-state index contributed by atoms with van der Waals surface area (Å²) < 4.78 is 5.43. The standard InChI is InChI=1S/C13H18O3/c1-13-7-6-10-8(2-5-12(15)16-10)9(13)3-4-11(13)14/h8-10H,2-7H2,1H3/t8?,9?,10?,13-/m1/s1. The van der Waals surface area contributed by atoms with Crippen LogP contribution >= 0.6 is 0 Å². The number of esters is 1. The second kappa shape index (κ2) is 3.31. The quantitative estimate of drug-likeness (QED) is 0.589. The largest absolute Gasteiger partial charge is 0.462 e. The van der Waals surface area contributed by atoms with Crippen LogP contribution in [0.3, 0.4) is 0 Å². The molecule has 0 N–H and O–H groups in total. The highest BCUT2D eigenvalue weighted by Crippen LogP contribution is 2.55. The average Bonchev–Trinajstić information content (AvgIpc) is 2.56. The SMILES string of the molecule is C[C@@]12CCC3OC(=O)CCC3C1CCC2=O. The molecular weight excluding hydrogens is 204 g/mol. The van der Waals surface area contributed by atoms with Gasteiger partial charge in [-0.05, 0) is 31.6 Å². The van der Waals surface area contributed by atoms with Crippen LogP contribution in [0.5, 0.6) is 0 Å². The van der Waals surface area contributed by atoms with E-state index in [-0.39, 0.29) is 17.5 Å². The molecule has 88 valence electrons. The zero-order chi connectivity index (χ0) is 11.3. The van der Waals surface area contributed by atoms with E-state index in [1.165, 1.54) is 0 Å². The second-order valence-electron chi connectivity index (χ2n) is 5.76. The first-order valence-electron chi connectivity index (χ1n) is 6.34. The summed E-state index contributed by atoms with van der Waals surface area (Å²) in [6.07, 6.45) is 5.11.